The van der Waals surface area contributed by atoms with Crippen molar-refractivity contribution in [2.45, 2.75) is 34.6 Å². The first kappa shape index (κ1) is 14.6. The number of pyridine rings is 1. The zero-order chi connectivity index (χ0) is 12.6. The van der Waals surface area contributed by atoms with E-state index >= 15 is 0 Å². The Hall–Kier alpha value is -1.38. The van der Waals surface area contributed by atoms with Gasteiger partial charge in [-0.25, -0.2) is 9.37 Å². The summed E-state index contributed by atoms with van der Waals surface area (Å²) in [5, 5.41) is 0.806. The van der Waals surface area contributed by atoms with Crippen molar-refractivity contribution in [3.8, 4) is 0 Å². The SMILES string of the molecule is CC.CC(C)C.Fc1cnc2[nH]ccc2c1. The lowest BCUT2D eigenvalue weighted by molar-refractivity contribution is 0.624. The largest absolute Gasteiger partial charge is 0.346 e. The number of aromatic nitrogens is 2. The second-order valence-corrected chi connectivity index (χ2v) is 3.80. The van der Waals surface area contributed by atoms with Crippen LogP contribution in [-0.2, 0) is 0 Å². The molecular weight excluding hydrogens is 203 g/mol. The van der Waals surface area contributed by atoms with E-state index in [9.17, 15) is 4.39 Å². The summed E-state index contributed by atoms with van der Waals surface area (Å²) in [4.78, 5) is 6.68. The van der Waals surface area contributed by atoms with Gasteiger partial charge >= 0.3 is 0 Å². The van der Waals surface area contributed by atoms with Crippen LogP contribution >= 0.6 is 0 Å². The van der Waals surface area contributed by atoms with E-state index in [4.69, 9.17) is 0 Å². The predicted molar refractivity (Wildman–Crippen MR) is 67.9 cm³/mol. The molecule has 0 spiro atoms. The maximum Gasteiger partial charge on any atom is 0.142 e. The Bertz CT molecular complexity index is 391. The van der Waals surface area contributed by atoms with Gasteiger partial charge in [-0.1, -0.05) is 34.6 Å². The second kappa shape index (κ2) is 7.85. The van der Waals surface area contributed by atoms with Gasteiger partial charge in [0.2, 0.25) is 0 Å². The third-order valence-electron chi connectivity index (χ3n) is 1.37. The third-order valence-corrected chi connectivity index (χ3v) is 1.37. The molecule has 1 N–H and O–H groups in total. The van der Waals surface area contributed by atoms with Crippen molar-refractivity contribution in [3.05, 3.63) is 30.3 Å². The van der Waals surface area contributed by atoms with Gasteiger partial charge in [-0.2, -0.15) is 0 Å². The summed E-state index contributed by atoms with van der Waals surface area (Å²) in [6.07, 6.45) is 2.93. The summed E-state index contributed by atoms with van der Waals surface area (Å²) in [5.41, 5.74) is 0.724. The zero-order valence-electron chi connectivity index (χ0n) is 10.7. The fourth-order valence-electron chi connectivity index (χ4n) is 0.913. The molecule has 0 aliphatic rings. The molecule has 2 rings (SSSR count). The number of hydrogen-bond acceptors (Lipinski definition) is 1. The molecule has 0 bridgehead atoms. The van der Waals surface area contributed by atoms with Crippen molar-refractivity contribution in [2.24, 2.45) is 5.92 Å². The fraction of sp³-hybridized carbons (Fsp3) is 0.462. The van der Waals surface area contributed by atoms with E-state index in [0.717, 1.165) is 17.0 Å². The quantitative estimate of drug-likeness (QED) is 0.706. The summed E-state index contributed by atoms with van der Waals surface area (Å²) in [5.74, 6) is 0.534. The minimum atomic E-state index is -0.299. The molecule has 0 aromatic carbocycles. The summed E-state index contributed by atoms with van der Waals surface area (Å²) < 4.78 is 12.4. The predicted octanol–water partition coefficient (Wildman–Crippen LogP) is 4.39. The second-order valence-electron chi connectivity index (χ2n) is 3.80. The van der Waals surface area contributed by atoms with Crippen LogP contribution in [-0.4, -0.2) is 9.97 Å². The Labute approximate surface area is 96.9 Å². The molecule has 16 heavy (non-hydrogen) atoms. The average molecular weight is 224 g/mol. The molecule has 0 aliphatic heterocycles. The van der Waals surface area contributed by atoms with Gasteiger partial charge in [0.05, 0.1) is 6.20 Å². The van der Waals surface area contributed by atoms with Crippen LogP contribution in [0.3, 0.4) is 0 Å². The number of nitrogens with zero attached hydrogens (tertiary/aromatic N) is 1. The molecule has 0 atom stereocenters. The number of hydrogen-bond donors (Lipinski definition) is 1. The van der Waals surface area contributed by atoms with Gasteiger partial charge in [0.15, 0.2) is 0 Å². The molecule has 2 aromatic heterocycles. The van der Waals surface area contributed by atoms with E-state index in [0.29, 0.717) is 0 Å². The van der Waals surface area contributed by atoms with Gasteiger partial charge in [-0.15, -0.1) is 0 Å². The monoisotopic (exact) mass is 224 g/mol. The van der Waals surface area contributed by atoms with E-state index in [-0.39, 0.29) is 5.82 Å². The molecule has 0 radical (unpaired) electrons. The molecule has 2 aromatic rings. The van der Waals surface area contributed by atoms with Crippen LogP contribution in [0.25, 0.3) is 11.0 Å². The Morgan fingerprint density at radius 3 is 2.38 bits per heavy atom. The number of aromatic amines is 1. The molecule has 0 saturated heterocycles. The van der Waals surface area contributed by atoms with Crippen LogP contribution in [0.2, 0.25) is 0 Å². The van der Waals surface area contributed by atoms with Gasteiger partial charge in [0.25, 0.3) is 0 Å². The topological polar surface area (TPSA) is 28.7 Å². The molecule has 2 heterocycles. The third kappa shape index (κ3) is 5.49. The maximum atomic E-state index is 12.4. The van der Waals surface area contributed by atoms with Gasteiger partial charge < -0.3 is 4.98 Å². The maximum absolute atomic E-state index is 12.4. The zero-order valence-corrected chi connectivity index (χ0v) is 10.7. The first-order valence-corrected chi connectivity index (χ1v) is 5.68. The molecule has 90 valence electrons. The summed E-state index contributed by atoms with van der Waals surface area (Å²) in [6, 6.07) is 3.23. The van der Waals surface area contributed by atoms with Crippen molar-refractivity contribution in [3.63, 3.8) is 0 Å². The highest BCUT2D eigenvalue weighted by Gasteiger charge is 1.95. The van der Waals surface area contributed by atoms with Crippen LogP contribution < -0.4 is 0 Å². The number of rotatable bonds is 0. The molecular formula is C13H21FN2. The Kier molecular flexibility index (Phi) is 7.18. The molecule has 3 heteroatoms. The smallest absolute Gasteiger partial charge is 0.142 e. The molecule has 0 saturated carbocycles. The van der Waals surface area contributed by atoms with Gasteiger partial charge in [-0.05, 0) is 18.1 Å². The van der Waals surface area contributed by atoms with E-state index in [1.807, 2.05) is 13.8 Å². The van der Waals surface area contributed by atoms with Gasteiger partial charge in [0.1, 0.15) is 11.5 Å². The summed E-state index contributed by atoms with van der Waals surface area (Å²) >= 11 is 0. The van der Waals surface area contributed by atoms with Crippen molar-refractivity contribution >= 4 is 11.0 Å². The minimum absolute atomic E-state index is 0.299. The Morgan fingerprint density at radius 1 is 1.25 bits per heavy atom. The van der Waals surface area contributed by atoms with E-state index in [1.165, 1.54) is 12.3 Å². The average Bonchev–Trinajstić information content (AvgIpc) is 2.67. The number of H-pyrrole nitrogens is 1. The first-order valence-electron chi connectivity index (χ1n) is 5.68. The van der Waals surface area contributed by atoms with Crippen molar-refractivity contribution in [1.82, 2.24) is 9.97 Å². The van der Waals surface area contributed by atoms with E-state index in [1.54, 1.807) is 12.3 Å². The lowest BCUT2D eigenvalue weighted by atomic mass is 10.3. The Morgan fingerprint density at radius 2 is 1.81 bits per heavy atom. The summed E-state index contributed by atoms with van der Waals surface area (Å²) in [7, 11) is 0. The molecule has 0 amide bonds. The molecule has 0 aliphatic carbocycles. The van der Waals surface area contributed by atoms with Crippen LogP contribution in [0.5, 0.6) is 0 Å². The van der Waals surface area contributed by atoms with Gasteiger partial charge in [-0.3, -0.25) is 0 Å². The first-order chi connectivity index (χ1) is 7.59. The molecule has 0 unspecified atom stereocenters. The van der Waals surface area contributed by atoms with Gasteiger partial charge in [0, 0.05) is 11.6 Å². The number of fused-ring (bicyclic) bond motifs is 1. The summed E-state index contributed by atoms with van der Waals surface area (Å²) in [6.45, 7) is 10.5. The van der Waals surface area contributed by atoms with Crippen LogP contribution in [0.1, 0.15) is 34.6 Å². The molecule has 0 fully saturated rings. The lowest BCUT2D eigenvalue weighted by Crippen LogP contribution is -1.77. The van der Waals surface area contributed by atoms with Crippen LogP contribution in [0.15, 0.2) is 24.5 Å². The highest BCUT2D eigenvalue weighted by Crippen LogP contribution is 2.09. The minimum Gasteiger partial charge on any atom is -0.346 e. The van der Waals surface area contributed by atoms with Crippen molar-refractivity contribution in [2.75, 3.05) is 0 Å². The van der Waals surface area contributed by atoms with Crippen molar-refractivity contribution in [1.29, 1.82) is 0 Å². The van der Waals surface area contributed by atoms with E-state index in [2.05, 4.69) is 30.7 Å². The van der Waals surface area contributed by atoms with Crippen molar-refractivity contribution < 1.29 is 4.39 Å². The number of nitrogens with one attached hydrogen (secondary N) is 1. The van der Waals surface area contributed by atoms with Crippen LogP contribution in [0, 0.1) is 11.7 Å². The lowest BCUT2D eigenvalue weighted by Gasteiger charge is -1.86. The van der Waals surface area contributed by atoms with Crippen LogP contribution in [0.4, 0.5) is 4.39 Å². The van der Waals surface area contributed by atoms with E-state index < -0.39 is 0 Å². The fourth-order valence-corrected chi connectivity index (χ4v) is 0.913. The molecule has 2 nitrogen and oxygen atoms in total. The highest BCUT2D eigenvalue weighted by atomic mass is 19.1. The normalized spacial score (nSPS) is 9.19. The highest BCUT2D eigenvalue weighted by molar-refractivity contribution is 5.74. The number of halogens is 1. The Balaban J connectivity index is 0.000000323. The standard InChI is InChI=1S/C7H5FN2.C4H10.C2H6/c8-6-3-5-1-2-9-7(5)10-4-6;1-4(2)3;1-2/h1-4H,(H,9,10);4H,1-3H3;1-2H3.